The highest BCUT2D eigenvalue weighted by Crippen LogP contribution is 2.43. The molecule has 0 saturated carbocycles. The number of benzene rings is 1. The maximum absolute atomic E-state index is 13.4. The third kappa shape index (κ3) is 4.59. The Balaban J connectivity index is 2.63. The number of hydrogen-bond acceptors (Lipinski definition) is 6. The Labute approximate surface area is 177 Å². The van der Waals surface area contributed by atoms with Gasteiger partial charge in [-0.2, -0.15) is 0 Å². The van der Waals surface area contributed by atoms with Crippen molar-refractivity contribution in [2.75, 3.05) is 13.9 Å². The second kappa shape index (κ2) is 8.95. The maximum Gasteiger partial charge on any atom is 0.282 e. The second-order valence-electron chi connectivity index (χ2n) is 7.69. The Morgan fingerprint density at radius 2 is 1.79 bits per heavy atom. The van der Waals surface area contributed by atoms with Crippen molar-refractivity contribution >= 4 is 39.8 Å². The number of thiocarbonyl (C=S) groups is 1. The number of methoxy groups -OCH3 is 1. The van der Waals surface area contributed by atoms with Gasteiger partial charge in [-0.3, -0.25) is 4.79 Å². The molecule has 5 nitrogen and oxygen atoms in total. The highest BCUT2D eigenvalue weighted by atomic mass is 32.2. The molecule has 7 heteroatoms. The van der Waals surface area contributed by atoms with Crippen molar-refractivity contribution in [3.8, 4) is 0 Å². The van der Waals surface area contributed by atoms with Crippen molar-refractivity contribution in [1.82, 2.24) is 5.06 Å². The van der Waals surface area contributed by atoms with E-state index in [2.05, 4.69) is 12.1 Å². The summed E-state index contributed by atoms with van der Waals surface area (Å²) in [4.78, 5) is 19.0. The van der Waals surface area contributed by atoms with Crippen molar-refractivity contribution in [2.24, 2.45) is 0 Å². The normalized spacial score (nSPS) is 16.3. The molecule has 0 N–H and O–H groups in total. The fourth-order valence-corrected chi connectivity index (χ4v) is 4.62. The predicted molar refractivity (Wildman–Crippen MR) is 118 cm³/mol. The van der Waals surface area contributed by atoms with E-state index < -0.39 is 5.54 Å². The summed E-state index contributed by atoms with van der Waals surface area (Å²) in [6.07, 6.45) is 0. The van der Waals surface area contributed by atoms with E-state index in [-0.39, 0.29) is 18.0 Å². The van der Waals surface area contributed by atoms with Crippen LogP contribution in [0.1, 0.15) is 49.9 Å². The Morgan fingerprint density at radius 3 is 2.29 bits per heavy atom. The lowest BCUT2D eigenvalue weighted by atomic mass is 9.91. The van der Waals surface area contributed by atoms with E-state index in [0.717, 1.165) is 22.3 Å². The summed E-state index contributed by atoms with van der Waals surface area (Å²) in [7, 11) is 1.52. The van der Waals surface area contributed by atoms with Crippen molar-refractivity contribution in [2.45, 2.75) is 59.3 Å². The Bertz CT molecular complexity index is 792. The highest BCUT2D eigenvalue weighted by Gasteiger charge is 2.50. The van der Waals surface area contributed by atoms with Gasteiger partial charge in [0, 0.05) is 12.4 Å². The minimum atomic E-state index is -0.837. The average Bonchev–Trinajstić information content (AvgIpc) is 2.71. The van der Waals surface area contributed by atoms with Crippen molar-refractivity contribution in [3.63, 3.8) is 0 Å². The number of amides is 1. The van der Waals surface area contributed by atoms with Crippen LogP contribution < -0.4 is 0 Å². The zero-order valence-electron chi connectivity index (χ0n) is 17.8. The van der Waals surface area contributed by atoms with Gasteiger partial charge in [0.2, 0.25) is 4.38 Å². The molecule has 1 aromatic carbocycles. The van der Waals surface area contributed by atoms with Crippen LogP contribution in [0.15, 0.2) is 17.9 Å². The van der Waals surface area contributed by atoms with Crippen LogP contribution >= 0.6 is 24.0 Å². The molecule has 1 heterocycles. The molecule has 1 aliphatic heterocycles. The molecule has 28 heavy (non-hydrogen) atoms. The molecule has 1 aliphatic rings. The molecule has 1 aromatic rings. The summed E-state index contributed by atoms with van der Waals surface area (Å²) < 4.78 is 11.5. The predicted octanol–water partition coefficient (Wildman–Crippen LogP) is 4.92. The summed E-state index contributed by atoms with van der Waals surface area (Å²) in [6, 6.07) is 4.13. The number of rotatable bonds is 6. The first-order chi connectivity index (χ1) is 13.0. The van der Waals surface area contributed by atoms with Gasteiger partial charge in [0.15, 0.2) is 6.79 Å². The maximum atomic E-state index is 13.4. The summed E-state index contributed by atoms with van der Waals surface area (Å²) in [5, 5.41) is 1.60. The number of aryl methyl sites for hydroxylation is 3. The van der Waals surface area contributed by atoms with Crippen LogP contribution in [0.3, 0.4) is 0 Å². The molecule has 0 unspecified atom stereocenters. The standard InChI is InChI=1S/C21H29NO4S2/c1-12(2)28-20(27)26-18-17(16-14(4)9-13(3)10-15(16)5)19(23)22(21(18,6)7)25-11-24-8/h9-10,12H,11H2,1-8H3. The van der Waals surface area contributed by atoms with Crippen LogP contribution in [-0.4, -0.2) is 40.0 Å². The van der Waals surface area contributed by atoms with Crippen molar-refractivity contribution < 1.29 is 19.1 Å². The SMILES string of the molecule is COCON1C(=O)C(c2c(C)cc(C)cc2C)=C(OC(=S)SC(C)C)C1(C)C. The lowest BCUT2D eigenvalue weighted by Crippen LogP contribution is -2.44. The number of hydrogen-bond donors (Lipinski definition) is 0. The molecule has 0 spiro atoms. The molecule has 0 saturated heterocycles. The Kier molecular flexibility index (Phi) is 7.31. The minimum absolute atomic E-state index is 0.0349. The number of thioether (sulfide) groups is 1. The van der Waals surface area contributed by atoms with E-state index in [1.807, 2.05) is 48.5 Å². The summed E-state index contributed by atoms with van der Waals surface area (Å²) in [6.45, 7) is 13.9. The number of nitrogens with zero attached hydrogens (tertiary/aromatic N) is 1. The second-order valence-corrected chi connectivity index (χ2v) is 9.87. The smallest absolute Gasteiger partial charge is 0.282 e. The molecular formula is C21H29NO4S2. The number of ether oxygens (including phenoxy) is 2. The molecular weight excluding hydrogens is 394 g/mol. The molecule has 0 bridgehead atoms. The largest absolute Gasteiger partial charge is 0.441 e. The fraction of sp³-hybridized carbons (Fsp3) is 0.524. The first kappa shape index (κ1) is 22.9. The van der Waals surface area contributed by atoms with E-state index in [0.29, 0.717) is 15.7 Å². The van der Waals surface area contributed by atoms with Gasteiger partial charge in [-0.15, -0.1) is 0 Å². The number of carbonyl (C=O) groups excluding carboxylic acids is 1. The van der Waals surface area contributed by atoms with E-state index in [1.54, 1.807) is 0 Å². The topological polar surface area (TPSA) is 48.0 Å². The van der Waals surface area contributed by atoms with E-state index in [4.69, 9.17) is 26.5 Å². The van der Waals surface area contributed by atoms with Gasteiger partial charge in [-0.1, -0.05) is 43.3 Å². The lowest BCUT2D eigenvalue weighted by molar-refractivity contribution is -0.238. The number of hydroxylamine groups is 2. The van der Waals surface area contributed by atoms with Gasteiger partial charge < -0.3 is 9.47 Å². The van der Waals surface area contributed by atoms with Crippen LogP contribution in [0, 0.1) is 20.8 Å². The van der Waals surface area contributed by atoms with Crippen LogP contribution in [0.5, 0.6) is 0 Å². The summed E-state index contributed by atoms with van der Waals surface area (Å²) in [5.74, 6) is 0.242. The van der Waals surface area contributed by atoms with Gasteiger partial charge in [0.1, 0.15) is 11.3 Å². The van der Waals surface area contributed by atoms with Gasteiger partial charge in [-0.05, 0) is 63.5 Å². The first-order valence-corrected chi connectivity index (χ1v) is 10.5. The summed E-state index contributed by atoms with van der Waals surface area (Å²) in [5.41, 5.74) is 3.67. The van der Waals surface area contributed by atoms with Gasteiger partial charge >= 0.3 is 0 Å². The molecule has 154 valence electrons. The molecule has 0 aliphatic carbocycles. The third-order valence-electron chi connectivity index (χ3n) is 4.43. The monoisotopic (exact) mass is 423 g/mol. The first-order valence-electron chi connectivity index (χ1n) is 9.18. The van der Waals surface area contributed by atoms with Crippen LogP contribution in [0.25, 0.3) is 5.57 Å². The van der Waals surface area contributed by atoms with Gasteiger partial charge in [0.05, 0.1) is 5.57 Å². The Morgan fingerprint density at radius 1 is 1.21 bits per heavy atom. The molecule has 0 aromatic heterocycles. The van der Waals surface area contributed by atoms with Crippen molar-refractivity contribution in [1.29, 1.82) is 0 Å². The van der Waals surface area contributed by atoms with E-state index >= 15 is 0 Å². The van der Waals surface area contributed by atoms with Gasteiger partial charge in [0.25, 0.3) is 5.91 Å². The third-order valence-corrected chi connectivity index (χ3v) is 5.55. The van der Waals surface area contributed by atoms with Crippen LogP contribution in [0.2, 0.25) is 0 Å². The highest BCUT2D eigenvalue weighted by molar-refractivity contribution is 8.23. The van der Waals surface area contributed by atoms with Crippen molar-refractivity contribution in [3.05, 3.63) is 40.1 Å². The van der Waals surface area contributed by atoms with Gasteiger partial charge in [-0.25, -0.2) is 9.90 Å². The quantitative estimate of drug-likeness (QED) is 0.478. The number of carbonyl (C=O) groups is 1. The summed E-state index contributed by atoms with van der Waals surface area (Å²) >= 11 is 6.88. The zero-order chi connectivity index (χ0) is 21.2. The molecule has 0 atom stereocenters. The molecule has 0 fully saturated rings. The lowest BCUT2D eigenvalue weighted by Gasteiger charge is -2.31. The Hall–Kier alpha value is -1.41. The molecule has 0 radical (unpaired) electrons. The van der Waals surface area contributed by atoms with Crippen LogP contribution in [0.4, 0.5) is 0 Å². The fourth-order valence-electron chi connectivity index (χ4n) is 3.45. The minimum Gasteiger partial charge on any atom is -0.441 e. The average molecular weight is 424 g/mol. The van der Waals surface area contributed by atoms with E-state index in [1.165, 1.54) is 23.9 Å². The van der Waals surface area contributed by atoms with E-state index in [9.17, 15) is 4.79 Å². The molecule has 1 amide bonds. The molecule has 2 rings (SSSR count). The van der Waals surface area contributed by atoms with Crippen LogP contribution in [-0.2, 0) is 19.1 Å². The zero-order valence-corrected chi connectivity index (χ0v) is 19.5.